The van der Waals surface area contributed by atoms with Crippen LogP contribution in [0.1, 0.15) is 127 Å². The van der Waals surface area contributed by atoms with Gasteiger partial charge in [-0.1, -0.05) is 147 Å². The molecule has 4 aliphatic carbocycles. The molecule has 7 aromatic carbocycles. The molecule has 0 saturated carbocycles. The Balaban J connectivity index is 1.16. The summed E-state index contributed by atoms with van der Waals surface area (Å²) < 4.78 is 0. The van der Waals surface area contributed by atoms with Gasteiger partial charge in [0.25, 0.3) is 6.71 Å². The highest BCUT2D eigenvalue weighted by atomic mass is 15.2. The van der Waals surface area contributed by atoms with Crippen molar-refractivity contribution in [3.63, 3.8) is 0 Å². The van der Waals surface area contributed by atoms with E-state index in [0.717, 1.165) is 6.42 Å². The molecule has 2 nitrogen and oxygen atoms in total. The van der Waals surface area contributed by atoms with Crippen molar-refractivity contribution in [1.29, 1.82) is 0 Å². The van der Waals surface area contributed by atoms with Gasteiger partial charge in [-0.2, -0.15) is 0 Å². The maximum absolute atomic E-state index is 2.72. The van der Waals surface area contributed by atoms with E-state index in [4.69, 9.17) is 0 Å². The molecule has 6 aliphatic rings. The van der Waals surface area contributed by atoms with E-state index in [1.54, 1.807) is 22.3 Å². The highest BCUT2D eigenvalue weighted by Gasteiger charge is 2.47. The van der Waals surface area contributed by atoms with Gasteiger partial charge >= 0.3 is 0 Å². The minimum atomic E-state index is 0.0471. The number of hydrogen-bond donors (Lipinski definition) is 0. The summed E-state index contributed by atoms with van der Waals surface area (Å²) in [7, 11) is 0. The molecule has 0 aromatic heterocycles. The fraction of sp³-hybridized carbons (Fsp3) is 0.246. The lowest BCUT2D eigenvalue weighted by Gasteiger charge is -2.46. The van der Waals surface area contributed by atoms with Gasteiger partial charge in [0.05, 0.1) is 5.69 Å². The molecule has 2 unspecified atom stereocenters. The van der Waals surface area contributed by atoms with Crippen molar-refractivity contribution >= 4 is 68.4 Å². The Bertz CT molecular complexity index is 3190. The largest absolute Gasteiger partial charge is 0.311 e. The molecule has 64 heavy (non-hydrogen) atoms. The van der Waals surface area contributed by atoms with Gasteiger partial charge in [-0.25, -0.2) is 0 Å². The molecular formula is C61H55BN2. The van der Waals surface area contributed by atoms with Crippen LogP contribution in [-0.4, -0.2) is 6.71 Å². The van der Waals surface area contributed by atoms with Gasteiger partial charge in [0.2, 0.25) is 0 Å². The number of hydrogen-bond acceptors (Lipinski definition) is 2. The minimum absolute atomic E-state index is 0.0471. The zero-order valence-electron chi connectivity index (χ0n) is 38.1. The molecular weight excluding hydrogens is 771 g/mol. The third-order valence-corrected chi connectivity index (χ3v) is 16.0. The Morgan fingerprint density at radius 3 is 1.75 bits per heavy atom. The number of aryl methyl sites for hydroxylation is 3. The summed E-state index contributed by atoms with van der Waals surface area (Å²) in [5, 5.41) is 0. The number of allylic oxidation sites excluding steroid dienone is 4. The first-order valence-corrected chi connectivity index (χ1v) is 24.0. The molecule has 0 N–H and O–H groups in total. The molecule has 0 fully saturated rings. The topological polar surface area (TPSA) is 6.48 Å². The number of fused-ring (bicyclic) bond motifs is 8. The lowest BCUT2D eigenvalue weighted by molar-refractivity contribution is 0.590. The molecule has 2 heterocycles. The number of nitrogens with zero attached hydrogens (tertiary/aromatic N) is 2. The Morgan fingerprint density at radius 2 is 1.08 bits per heavy atom. The van der Waals surface area contributed by atoms with E-state index >= 15 is 0 Å². The zero-order valence-corrected chi connectivity index (χ0v) is 38.1. The summed E-state index contributed by atoms with van der Waals surface area (Å²) in [5.74, 6) is 0.459. The summed E-state index contributed by atoms with van der Waals surface area (Å²) in [5.41, 5.74) is 32.7. The Morgan fingerprint density at radius 1 is 0.500 bits per heavy atom. The van der Waals surface area contributed by atoms with E-state index in [-0.39, 0.29) is 24.0 Å². The number of para-hydroxylation sites is 1. The first-order valence-electron chi connectivity index (χ1n) is 24.0. The van der Waals surface area contributed by atoms with Crippen LogP contribution < -0.4 is 26.2 Å². The van der Waals surface area contributed by atoms with E-state index in [2.05, 4.69) is 191 Å². The van der Waals surface area contributed by atoms with Crippen LogP contribution in [0.4, 0.5) is 34.1 Å². The minimum Gasteiger partial charge on any atom is -0.311 e. The van der Waals surface area contributed by atoms with Crippen molar-refractivity contribution in [2.45, 2.75) is 97.3 Å². The summed E-state index contributed by atoms with van der Waals surface area (Å²) in [6, 6.07) is 55.1. The van der Waals surface area contributed by atoms with Gasteiger partial charge in [0.15, 0.2) is 0 Å². The van der Waals surface area contributed by atoms with Gasteiger partial charge in [-0.3, -0.25) is 0 Å². The van der Waals surface area contributed by atoms with E-state index in [0.29, 0.717) is 0 Å². The van der Waals surface area contributed by atoms with Crippen LogP contribution in [0.2, 0.25) is 0 Å². The first-order chi connectivity index (χ1) is 31.2. The van der Waals surface area contributed by atoms with Crippen LogP contribution in [0, 0.1) is 20.8 Å². The Hall–Kier alpha value is -6.32. The van der Waals surface area contributed by atoms with E-state index in [1.165, 1.54) is 138 Å². The second kappa shape index (κ2) is 13.8. The van der Waals surface area contributed by atoms with Crippen LogP contribution in [0.5, 0.6) is 0 Å². The molecule has 0 bridgehead atoms. The second-order valence-electron chi connectivity index (χ2n) is 20.7. The summed E-state index contributed by atoms with van der Waals surface area (Å²) in [4.78, 5) is 5.31. The molecule has 2 atom stereocenters. The molecule has 2 aliphatic heterocycles. The predicted molar refractivity (Wildman–Crippen MR) is 271 cm³/mol. The van der Waals surface area contributed by atoms with Crippen LogP contribution in [-0.2, 0) is 5.41 Å². The normalized spacial score (nSPS) is 18.8. The van der Waals surface area contributed by atoms with Crippen LogP contribution >= 0.6 is 0 Å². The standard InChI is InChI=1S/C61H55BN2/c1-36-32-37(2)59(38(3)33-36)64-53-25-12-11-24-51(53)62-52-35-39(56-46-18-9-7-16-42(46)44-20-13-22-47(44)56)34-50(57-48-19-10-8-17-43(48)45-21-14-23-49(45)57)60(52)63(54-26-15-27-55(64)58(54)62)41-30-28-40(29-31-41)61(4,5)6/h7-12,15-19,24-35,56-57H,13-14,20-23H2,1-6H3. The third-order valence-electron chi connectivity index (χ3n) is 16.0. The van der Waals surface area contributed by atoms with Crippen molar-refractivity contribution in [3.8, 4) is 0 Å². The monoisotopic (exact) mass is 826 g/mol. The first kappa shape index (κ1) is 38.2. The lowest BCUT2D eigenvalue weighted by atomic mass is 9.33. The van der Waals surface area contributed by atoms with Crippen molar-refractivity contribution in [2.75, 3.05) is 9.80 Å². The van der Waals surface area contributed by atoms with Gasteiger partial charge < -0.3 is 9.80 Å². The summed E-state index contributed by atoms with van der Waals surface area (Å²) >= 11 is 0. The van der Waals surface area contributed by atoms with Crippen LogP contribution in [0.3, 0.4) is 0 Å². The second-order valence-corrected chi connectivity index (χ2v) is 20.7. The average Bonchev–Trinajstić information content (AvgIpc) is 4.09. The molecule has 0 radical (unpaired) electrons. The SMILES string of the molecule is Cc1cc(C)c(N2c3ccccc3B3c4cc(C5C6=C(CCC6)c6ccccc65)cc(C5C6=C(CCC6)c6ccccc65)c4N(c4ccc(C(C)(C)C)cc4)c4cccc2c43)c(C)c1. The average molecular weight is 827 g/mol. The van der Waals surface area contributed by atoms with Crippen molar-refractivity contribution < 1.29 is 0 Å². The molecule has 0 saturated heterocycles. The van der Waals surface area contributed by atoms with Gasteiger partial charge in [-0.05, 0) is 173 Å². The van der Waals surface area contributed by atoms with Gasteiger partial charge in [0.1, 0.15) is 0 Å². The summed E-state index contributed by atoms with van der Waals surface area (Å²) in [6.45, 7) is 13.9. The van der Waals surface area contributed by atoms with Crippen molar-refractivity contribution in [3.05, 3.63) is 206 Å². The smallest absolute Gasteiger partial charge is 0.252 e. The number of anilines is 6. The van der Waals surface area contributed by atoms with Crippen LogP contribution in [0.25, 0.3) is 11.1 Å². The Labute approximate surface area is 380 Å². The van der Waals surface area contributed by atoms with Gasteiger partial charge in [0, 0.05) is 40.3 Å². The van der Waals surface area contributed by atoms with E-state index in [1.807, 2.05) is 0 Å². The molecule has 0 amide bonds. The van der Waals surface area contributed by atoms with Gasteiger partial charge in [-0.15, -0.1) is 0 Å². The molecule has 13 rings (SSSR count). The molecule has 0 spiro atoms. The maximum atomic E-state index is 2.72. The number of benzene rings is 7. The zero-order chi connectivity index (χ0) is 43.2. The molecule has 7 aromatic rings. The highest BCUT2D eigenvalue weighted by molar-refractivity contribution is 7.00. The van der Waals surface area contributed by atoms with E-state index in [9.17, 15) is 0 Å². The lowest BCUT2D eigenvalue weighted by Crippen LogP contribution is -2.61. The summed E-state index contributed by atoms with van der Waals surface area (Å²) in [6.07, 6.45) is 7.18. The fourth-order valence-corrected chi connectivity index (χ4v) is 13.5. The number of rotatable bonds is 4. The third kappa shape index (κ3) is 5.33. The Kier molecular flexibility index (Phi) is 8.26. The van der Waals surface area contributed by atoms with Crippen molar-refractivity contribution in [1.82, 2.24) is 0 Å². The molecule has 3 heteroatoms. The fourth-order valence-electron chi connectivity index (χ4n) is 13.5. The molecule has 312 valence electrons. The van der Waals surface area contributed by atoms with Crippen LogP contribution in [0.15, 0.2) is 151 Å². The quantitative estimate of drug-likeness (QED) is 0.163. The van der Waals surface area contributed by atoms with E-state index < -0.39 is 0 Å². The van der Waals surface area contributed by atoms with Crippen molar-refractivity contribution in [2.24, 2.45) is 0 Å². The predicted octanol–water partition coefficient (Wildman–Crippen LogP) is 14.2. The highest BCUT2D eigenvalue weighted by Crippen LogP contribution is 2.58. The maximum Gasteiger partial charge on any atom is 0.252 e.